The monoisotopic (exact) mass is 219 g/mol. The van der Waals surface area contributed by atoms with Gasteiger partial charge >= 0.3 is 0 Å². The minimum absolute atomic E-state index is 0.245. The molecule has 2 rings (SSSR count). The van der Waals surface area contributed by atoms with Gasteiger partial charge in [-0.15, -0.1) is 0 Å². The first kappa shape index (κ1) is 11.0. The summed E-state index contributed by atoms with van der Waals surface area (Å²) >= 11 is 0. The Morgan fingerprint density at radius 3 is 2.38 bits per heavy atom. The minimum Gasteiger partial charge on any atom is -0.497 e. The molecule has 0 unspecified atom stereocenters. The predicted molar refractivity (Wildman–Crippen MR) is 63.2 cm³/mol. The molecule has 86 valence electrons. The minimum atomic E-state index is 0.245. The highest BCUT2D eigenvalue weighted by Crippen LogP contribution is 2.22. The van der Waals surface area contributed by atoms with Gasteiger partial charge in [-0.3, -0.25) is 5.41 Å². The average molecular weight is 219 g/mol. The number of nitrogens with one attached hydrogen (secondary N) is 1. The van der Waals surface area contributed by atoms with Gasteiger partial charge in [0, 0.05) is 5.56 Å². The van der Waals surface area contributed by atoms with Crippen molar-refractivity contribution in [2.75, 3.05) is 7.11 Å². The Bertz CT molecular complexity index is 353. The van der Waals surface area contributed by atoms with Gasteiger partial charge in [-0.25, -0.2) is 0 Å². The maximum Gasteiger partial charge on any atom is 0.213 e. The van der Waals surface area contributed by atoms with Crippen molar-refractivity contribution in [2.24, 2.45) is 0 Å². The third-order valence-corrected chi connectivity index (χ3v) is 2.94. The Morgan fingerprint density at radius 1 is 1.19 bits per heavy atom. The topological polar surface area (TPSA) is 42.3 Å². The lowest BCUT2D eigenvalue weighted by Crippen LogP contribution is -2.14. The first-order valence-electron chi connectivity index (χ1n) is 5.69. The Hall–Kier alpha value is -1.51. The first-order valence-corrected chi connectivity index (χ1v) is 5.69. The van der Waals surface area contributed by atoms with E-state index in [1.807, 2.05) is 24.3 Å². The van der Waals surface area contributed by atoms with Crippen LogP contribution in [0.2, 0.25) is 0 Å². The molecule has 3 nitrogen and oxygen atoms in total. The molecular formula is C13H17NO2. The van der Waals surface area contributed by atoms with Crippen LogP contribution in [0.25, 0.3) is 0 Å². The predicted octanol–water partition coefficient (Wildman–Crippen LogP) is 2.98. The van der Waals surface area contributed by atoms with Crippen molar-refractivity contribution in [2.45, 2.75) is 31.8 Å². The van der Waals surface area contributed by atoms with Gasteiger partial charge in [0.1, 0.15) is 11.9 Å². The summed E-state index contributed by atoms with van der Waals surface area (Å²) in [5, 5.41) is 7.86. The molecule has 1 N–H and O–H groups in total. The van der Waals surface area contributed by atoms with Gasteiger partial charge in [0.2, 0.25) is 5.90 Å². The first-order chi connectivity index (χ1) is 7.79. The van der Waals surface area contributed by atoms with Gasteiger partial charge < -0.3 is 9.47 Å². The third kappa shape index (κ3) is 2.54. The van der Waals surface area contributed by atoms with Gasteiger partial charge in [0.15, 0.2) is 0 Å². The molecule has 0 aliphatic heterocycles. The summed E-state index contributed by atoms with van der Waals surface area (Å²) in [6, 6.07) is 7.41. The van der Waals surface area contributed by atoms with E-state index in [4.69, 9.17) is 14.9 Å². The molecule has 3 heteroatoms. The highest BCUT2D eigenvalue weighted by Gasteiger charge is 2.18. The van der Waals surface area contributed by atoms with Crippen LogP contribution in [0.3, 0.4) is 0 Å². The molecule has 0 atom stereocenters. The Balaban J connectivity index is 1.97. The van der Waals surface area contributed by atoms with Crippen molar-refractivity contribution in [1.82, 2.24) is 0 Å². The molecule has 1 aliphatic rings. The van der Waals surface area contributed by atoms with E-state index < -0.39 is 0 Å². The molecule has 1 aliphatic carbocycles. The zero-order chi connectivity index (χ0) is 11.4. The van der Waals surface area contributed by atoms with Crippen LogP contribution >= 0.6 is 0 Å². The van der Waals surface area contributed by atoms with E-state index in [1.165, 1.54) is 12.8 Å². The maximum absolute atomic E-state index is 7.86. The van der Waals surface area contributed by atoms with E-state index in [-0.39, 0.29) is 12.0 Å². The van der Waals surface area contributed by atoms with E-state index in [0.717, 1.165) is 24.2 Å². The number of hydrogen-bond donors (Lipinski definition) is 1. The van der Waals surface area contributed by atoms with Crippen LogP contribution in [0.4, 0.5) is 0 Å². The fourth-order valence-electron chi connectivity index (χ4n) is 1.98. The van der Waals surface area contributed by atoms with E-state index in [2.05, 4.69) is 0 Å². The molecular weight excluding hydrogens is 202 g/mol. The van der Waals surface area contributed by atoms with Crippen LogP contribution in [-0.2, 0) is 4.74 Å². The molecule has 0 heterocycles. The molecule has 1 fully saturated rings. The van der Waals surface area contributed by atoms with Gasteiger partial charge in [0.25, 0.3) is 0 Å². The Morgan fingerprint density at radius 2 is 1.81 bits per heavy atom. The van der Waals surface area contributed by atoms with E-state index in [9.17, 15) is 0 Å². The van der Waals surface area contributed by atoms with Crippen molar-refractivity contribution < 1.29 is 9.47 Å². The summed E-state index contributed by atoms with van der Waals surface area (Å²) in [4.78, 5) is 0. The highest BCUT2D eigenvalue weighted by molar-refractivity contribution is 5.91. The van der Waals surface area contributed by atoms with Crippen LogP contribution in [-0.4, -0.2) is 19.1 Å². The molecule has 1 aromatic rings. The number of benzene rings is 1. The largest absolute Gasteiger partial charge is 0.497 e. The van der Waals surface area contributed by atoms with E-state index >= 15 is 0 Å². The zero-order valence-electron chi connectivity index (χ0n) is 9.53. The summed E-state index contributed by atoms with van der Waals surface area (Å²) in [6.07, 6.45) is 4.85. The number of ether oxygens (including phenoxy) is 2. The van der Waals surface area contributed by atoms with Gasteiger partial charge in [0.05, 0.1) is 7.11 Å². The van der Waals surface area contributed by atoms with Gasteiger partial charge in [-0.2, -0.15) is 0 Å². The second kappa shape index (κ2) is 5.01. The summed E-state index contributed by atoms with van der Waals surface area (Å²) in [5.74, 6) is 1.08. The van der Waals surface area contributed by atoms with Crippen LogP contribution in [0.1, 0.15) is 31.2 Å². The van der Waals surface area contributed by atoms with Crippen molar-refractivity contribution in [1.29, 1.82) is 5.41 Å². The third-order valence-electron chi connectivity index (χ3n) is 2.94. The normalized spacial score (nSPS) is 16.1. The van der Waals surface area contributed by atoms with Crippen LogP contribution in [0.5, 0.6) is 5.75 Å². The zero-order valence-corrected chi connectivity index (χ0v) is 9.53. The molecule has 0 spiro atoms. The number of rotatable bonds is 3. The fourth-order valence-corrected chi connectivity index (χ4v) is 1.98. The quantitative estimate of drug-likeness (QED) is 0.627. The van der Waals surface area contributed by atoms with Crippen LogP contribution in [0.15, 0.2) is 24.3 Å². The Kier molecular flexibility index (Phi) is 3.44. The molecule has 0 amide bonds. The molecule has 16 heavy (non-hydrogen) atoms. The summed E-state index contributed by atoms with van der Waals surface area (Å²) in [6.45, 7) is 0. The molecule has 0 aromatic heterocycles. The standard InChI is InChI=1S/C13H17NO2/c1-15-11-8-6-10(7-9-11)13(14)16-12-4-2-3-5-12/h6-9,12,14H,2-5H2,1H3. The van der Waals surface area contributed by atoms with Crippen molar-refractivity contribution in [3.05, 3.63) is 29.8 Å². The maximum atomic E-state index is 7.86. The lowest BCUT2D eigenvalue weighted by Gasteiger charge is -2.13. The van der Waals surface area contributed by atoms with Crippen molar-refractivity contribution >= 4 is 5.90 Å². The van der Waals surface area contributed by atoms with Crippen molar-refractivity contribution in [3.63, 3.8) is 0 Å². The lowest BCUT2D eigenvalue weighted by molar-refractivity contribution is 0.195. The van der Waals surface area contributed by atoms with E-state index in [0.29, 0.717) is 0 Å². The molecule has 1 saturated carbocycles. The highest BCUT2D eigenvalue weighted by atomic mass is 16.5. The lowest BCUT2D eigenvalue weighted by atomic mass is 10.2. The second-order valence-corrected chi connectivity index (χ2v) is 4.08. The van der Waals surface area contributed by atoms with Crippen LogP contribution in [0, 0.1) is 5.41 Å². The summed E-state index contributed by atoms with van der Waals surface area (Å²) in [5.41, 5.74) is 0.813. The van der Waals surface area contributed by atoms with Gasteiger partial charge in [-0.05, 0) is 49.9 Å². The van der Waals surface area contributed by atoms with Crippen LogP contribution < -0.4 is 4.74 Å². The van der Waals surface area contributed by atoms with Crippen molar-refractivity contribution in [3.8, 4) is 5.75 Å². The van der Waals surface area contributed by atoms with Gasteiger partial charge in [-0.1, -0.05) is 0 Å². The smallest absolute Gasteiger partial charge is 0.213 e. The Labute approximate surface area is 95.9 Å². The molecule has 1 aromatic carbocycles. The summed E-state index contributed by atoms with van der Waals surface area (Å²) in [7, 11) is 1.63. The number of methoxy groups -OCH3 is 1. The fraction of sp³-hybridized carbons (Fsp3) is 0.462. The summed E-state index contributed by atoms with van der Waals surface area (Å²) < 4.78 is 10.7. The van der Waals surface area contributed by atoms with E-state index in [1.54, 1.807) is 7.11 Å². The number of hydrogen-bond acceptors (Lipinski definition) is 3. The molecule has 0 saturated heterocycles. The molecule has 0 radical (unpaired) electrons. The SMILES string of the molecule is COc1ccc(C(=N)OC2CCCC2)cc1. The molecule has 0 bridgehead atoms. The second-order valence-electron chi connectivity index (χ2n) is 4.08. The average Bonchev–Trinajstić information content (AvgIpc) is 2.82.